The number of aliphatic hydroxyl groups excluding tert-OH is 1. The number of nitrogens with zero attached hydrogens (tertiary/aromatic N) is 2. The van der Waals surface area contributed by atoms with Crippen LogP contribution in [0, 0.1) is 5.41 Å². The number of rotatable bonds is 4. The van der Waals surface area contributed by atoms with Crippen molar-refractivity contribution in [3.05, 3.63) is 36.7 Å². The fourth-order valence-electron chi connectivity index (χ4n) is 2.05. The van der Waals surface area contributed by atoms with Gasteiger partial charge in [-0.25, -0.2) is 9.78 Å². The number of aliphatic hydroxyl groups is 1. The van der Waals surface area contributed by atoms with Crippen molar-refractivity contribution in [2.24, 2.45) is 12.5 Å². The van der Waals surface area contributed by atoms with E-state index in [9.17, 15) is 9.90 Å². The maximum Gasteiger partial charge on any atom is 0.319 e. The van der Waals surface area contributed by atoms with Gasteiger partial charge in [0.1, 0.15) is 5.82 Å². The third kappa shape index (κ3) is 4.56. The summed E-state index contributed by atoms with van der Waals surface area (Å²) in [5, 5.41) is 15.4. The summed E-state index contributed by atoms with van der Waals surface area (Å²) in [6, 6.07) is 7.14. The molecule has 0 aliphatic carbocycles. The normalized spacial score (nSPS) is 12.7. The van der Waals surface area contributed by atoms with Gasteiger partial charge in [-0.2, -0.15) is 0 Å². The quantitative estimate of drug-likeness (QED) is 0.811. The highest BCUT2D eigenvalue weighted by molar-refractivity contribution is 5.89. The first-order valence-corrected chi connectivity index (χ1v) is 7.58. The molecule has 0 aliphatic heterocycles. The van der Waals surface area contributed by atoms with Gasteiger partial charge in [-0.1, -0.05) is 32.9 Å². The average molecular weight is 316 g/mol. The molecule has 6 heteroatoms. The molecule has 2 amide bonds. The maximum absolute atomic E-state index is 12.0. The second-order valence-electron chi connectivity index (χ2n) is 6.66. The number of imidazole rings is 1. The second-order valence-corrected chi connectivity index (χ2v) is 6.66. The number of hydrogen-bond donors (Lipinski definition) is 3. The Morgan fingerprint density at radius 3 is 2.74 bits per heavy atom. The molecule has 1 aromatic carbocycles. The molecule has 0 bridgehead atoms. The molecule has 0 fully saturated rings. The number of urea groups is 1. The fraction of sp³-hybridized carbons (Fsp3) is 0.412. The van der Waals surface area contributed by atoms with E-state index in [1.165, 1.54) is 0 Å². The first-order chi connectivity index (χ1) is 10.8. The molecule has 1 unspecified atom stereocenters. The number of aromatic nitrogens is 2. The zero-order valence-corrected chi connectivity index (χ0v) is 14.0. The number of nitrogens with one attached hydrogen (secondary N) is 2. The van der Waals surface area contributed by atoms with Crippen LogP contribution in [0.3, 0.4) is 0 Å². The minimum Gasteiger partial charge on any atom is -0.391 e. The summed E-state index contributed by atoms with van der Waals surface area (Å²) in [4.78, 5) is 16.2. The van der Waals surface area contributed by atoms with Gasteiger partial charge in [0.05, 0.1) is 6.10 Å². The monoisotopic (exact) mass is 316 g/mol. The predicted octanol–water partition coefficient (Wildman–Crippen LogP) is 2.62. The number of hydrogen-bond acceptors (Lipinski definition) is 3. The summed E-state index contributed by atoms with van der Waals surface area (Å²) >= 11 is 0. The van der Waals surface area contributed by atoms with Gasteiger partial charge in [0.15, 0.2) is 0 Å². The number of aryl methyl sites for hydroxylation is 1. The van der Waals surface area contributed by atoms with Crippen LogP contribution in [-0.4, -0.2) is 33.3 Å². The van der Waals surface area contributed by atoms with Gasteiger partial charge in [0.25, 0.3) is 0 Å². The standard InChI is InChI=1S/C17H24N4O2/c1-17(2,3)14(22)11-19-16(23)20-13-7-5-6-12(10-13)15-18-8-9-21(15)4/h5-10,14,22H,11H2,1-4H3,(H2,19,20,23). The van der Waals surface area contributed by atoms with E-state index in [2.05, 4.69) is 15.6 Å². The van der Waals surface area contributed by atoms with Crippen LogP contribution in [0.5, 0.6) is 0 Å². The Labute approximate surface area is 136 Å². The van der Waals surface area contributed by atoms with Crippen LogP contribution in [0.4, 0.5) is 10.5 Å². The molecule has 6 nitrogen and oxygen atoms in total. The van der Waals surface area contributed by atoms with E-state index in [0.29, 0.717) is 5.69 Å². The van der Waals surface area contributed by atoms with E-state index in [1.54, 1.807) is 6.20 Å². The van der Waals surface area contributed by atoms with Crippen molar-refractivity contribution in [2.45, 2.75) is 26.9 Å². The Bertz CT molecular complexity index is 673. The van der Waals surface area contributed by atoms with Gasteiger partial charge in [-0.05, 0) is 17.5 Å². The Morgan fingerprint density at radius 1 is 1.39 bits per heavy atom. The molecule has 2 aromatic rings. The lowest BCUT2D eigenvalue weighted by atomic mass is 9.89. The van der Waals surface area contributed by atoms with Crippen molar-refractivity contribution in [1.29, 1.82) is 0 Å². The molecule has 23 heavy (non-hydrogen) atoms. The van der Waals surface area contributed by atoms with Crippen LogP contribution in [0.1, 0.15) is 20.8 Å². The lowest BCUT2D eigenvalue weighted by molar-refractivity contribution is 0.0654. The first-order valence-electron chi connectivity index (χ1n) is 7.58. The third-order valence-corrected chi connectivity index (χ3v) is 3.66. The largest absolute Gasteiger partial charge is 0.391 e. The maximum atomic E-state index is 12.0. The molecule has 0 aliphatic rings. The van der Waals surface area contributed by atoms with E-state index >= 15 is 0 Å². The van der Waals surface area contributed by atoms with Crippen LogP contribution in [-0.2, 0) is 7.05 Å². The van der Waals surface area contributed by atoms with Crippen molar-refractivity contribution in [2.75, 3.05) is 11.9 Å². The van der Waals surface area contributed by atoms with Crippen molar-refractivity contribution < 1.29 is 9.90 Å². The number of benzene rings is 1. The van der Waals surface area contributed by atoms with E-state index in [1.807, 2.05) is 62.8 Å². The molecule has 3 N–H and O–H groups in total. The highest BCUT2D eigenvalue weighted by atomic mass is 16.3. The summed E-state index contributed by atoms with van der Waals surface area (Å²) < 4.78 is 1.92. The second kappa shape index (κ2) is 6.83. The lowest BCUT2D eigenvalue weighted by Crippen LogP contribution is -2.40. The summed E-state index contributed by atoms with van der Waals surface area (Å²) in [5.74, 6) is 0.831. The summed E-state index contributed by atoms with van der Waals surface area (Å²) in [7, 11) is 1.92. The zero-order valence-electron chi connectivity index (χ0n) is 14.0. The number of anilines is 1. The Kier molecular flexibility index (Phi) is 5.05. The van der Waals surface area contributed by atoms with E-state index in [0.717, 1.165) is 11.4 Å². The van der Waals surface area contributed by atoms with Crippen LogP contribution in [0.15, 0.2) is 36.7 Å². The van der Waals surface area contributed by atoms with Crippen molar-refractivity contribution in [3.63, 3.8) is 0 Å². The van der Waals surface area contributed by atoms with Gasteiger partial charge < -0.3 is 20.3 Å². The molecule has 124 valence electrons. The van der Waals surface area contributed by atoms with Gasteiger partial charge in [0.2, 0.25) is 0 Å². The third-order valence-electron chi connectivity index (χ3n) is 3.66. The van der Waals surface area contributed by atoms with Crippen LogP contribution in [0.2, 0.25) is 0 Å². The predicted molar refractivity (Wildman–Crippen MR) is 91.1 cm³/mol. The summed E-state index contributed by atoms with van der Waals surface area (Å²) in [6.07, 6.45) is 3.00. The van der Waals surface area contributed by atoms with Crippen molar-refractivity contribution >= 4 is 11.7 Å². The van der Waals surface area contributed by atoms with Crippen LogP contribution < -0.4 is 10.6 Å². The number of carbonyl (C=O) groups is 1. The zero-order chi connectivity index (χ0) is 17.0. The van der Waals surface area contributed by atoms with Crippen LogP contribution in [0.25, 0.3) is 11.4 Å². The Hall–Kier alpha value is -2.34. The van der Waals surface area contributed by atoms with Gasteiger partial charge >= 0.3 is 6.03 Å². The molecule has 0 saturated carbocycles. The highest BCUT2D eigenvalue weighted by Crippen LogP contribution is 2.21. The van der Waals surface area contributed by atoms with E-state index < -0.39 is 6.10 Å². The molecule has 0 radical (unpaired) electrons. The minimum atomic E-state index is -0.604. The van der Waals surface area contributed by atoms with Gasteiger partial charge in [0, 0.05) is 37.2 Å². The Balaban J connectivity index is 1.98. The lowest BCUT2D eigenvalue weighted by Gasteiger charge is -2.25. The van der Waals surface area contributed by atoms with Gasteiger partial charge in [-0.15, -0.1) is 0 Å². The number of carbonyl (C=O) groups excluding carboxylic acids is 1. The summed E-state index contributed by atoms with van der Waals surface area (Å²) in [5.41, 5.74) is 1.32. The van der Waals surface area contributed by atoms with E-state index in [4.69, 9.17) is 0 Å². The van der Waals surface area contributed by atoms with Crippen molar-refractivity contribution in [1.82, 2.24) is 14.9 Å². The van der Waals surface area contributed by atoms with Gasteiger partial charge in [-0.3, -0.25) is 0 Å². The molecule has 0 spiro atoms. The molecular formula is C17H24N4O2. The molecular weight excluding hydrogens is 292 g/mol. The molecule has 1 atom stereocenters. The SMILES string of the molecule is Cn1ccnc1-c1cccc(NC(=O)NCC(O)C(C)(C)C)c1. The average Bonchev–Trinajstić information content (AvgIpc) is 2.90. The van der Waals surface area contributed by atoms with Crippen LogP contribution >= 0.6 is 0 Å². The summed E-state index contributed by atoms with van der Waals surface area (Å²) in [6.45, 7) is 5.98. The Morgan fingerprint density at radius 2 is 2.13 bits per heavy atom. The van der Waals surface area contributed by atoms with E-state index in [-0.39, 0.29) is 18.0 Å². The fourth-order valence-corrected chi connectivity index (χ4v) is 2.05. The minimum absolute atomic E-state index is 0.203. The topological polar surface area (TPSA) is 79.2 Å². The smallest absolute Gasteiger partial charge is 0.319 e. The highest BCUT2D eigenvalue weighted by Gasteiger charge is 2.22. The number of amides is 2. The molecule has 2 rings (SSSR count). The molecule has 0 saturated heterocycles. The first kappa shape index (κ1) is 17.0. The van der Waals surface area contributed by atoms with Crippen molar-refractivity contribution in [3.8, 4) is 11.4 Å². The molecule has 1 heterocycles. The molecule has 1 aromatic heterocycles.